The van der Waals surface area contributed by atoms with E-state index in [4.69, 9.17) is 8.83 Å². The van der Waals surface area contributed by atoms with Gasteiger partial charge in [0.15, 0.2) is 11.2 Å². The van der Waals surface area contributed by atoms with E-state index in [2.05, 4.69) is 50.2 Å². The predicted octanol–water partition coefficient (Wildman–Crippen LogP) is 7.38. The molecule has 0 aliphatic carbocycles. The van der Waals surface area contributed by atoms with E-state index in [0.717, 1.165) is 33.1 Å². The molecule has 0 saturated heterocycles. The van der Waals surface area contributed by atoms with Crippen molar-refractivity contribution in [1.82, 2.24) is 0 Å². The van der Waals surface area contributed by atoms with Crippen LogP contribution in [0.5, 0.6) is 0 Å². The van der Waals surface area contributed by atoms with Crippen molar-refractivity contribution in [3.05, 3.63) is 46.2 Å². The van der Waals surface area contributed by atoms with Crippen LogP contribution in [0, 0.1) is 13.8 Å². The van der Waals surface area contributed by atoms with Crippen molar-refractivity contribution in [2.24, 2.45) is 0 Å². The Morgan fingerprint density at radius 3 is 1.50 bits per heavy atom. The van der Waals surface area contributed by atoms with Gasteiger partial charge in [0.1, 0.15) is 11.2 Å². The zero-order chi connectivity index (χ0) is 16.0. The number of rotatable bonds is 0. The van der Waals surface area contributed by atoms with Gasteiger partial charge in [-0.25, -0.2) is 0 Å². The van der Waals surface area contributed by atoms with Crippen molar-refractivity contribution in [2.75, 3.05) is 0 Å². The molecular weight excluding hydrogens is 336 g/mol. The van der Waals surface area contributed by atoms with Crippen LogP contribution < -0.4 is 0 Å². The zero-order valence-corrected chi connectivity index (χ0v) is 14.7. The van der Waals surface area contributed by atoms with Gasteiger partial charge in [-0.05, 0) is 50.2 Å². The molecule has 6 aromatic rings. The summed E-state index contributed by atoms with van der Waals surface area (Å²) in [5, 5.41) is 4.49. The Labute approximate surface area is 144 Å². The molecule has 2 aromatic carbocycles. The lowest BCUT2D eigenvalue weighted by Gasteiger charge is -1.93. The largest absolute Gasteiger partial charge is 0.451 e. The lowest BCUT2D eigenvalue weighted by Crippen LogP contribution is -1.68. The highest BCUT2D eigenvalue weighted by atomic mass is 32.1. The fourth-order valence-corrected chi connectivity index (χ4v) is 5.50. The molecule has 0 atom stereocenters. The molecule has 4 heterocycles. The molecule has 0 bridgehead atoms. The van der Waals surface area contributed by atoms with Crippen LogP contribution in [-0.2, 0) is 0 Å². The second-order valence-corrected chi connectivity index (χ2v) is 8.86. The quantitative estimate of drug-likeness (QED) is 0.286. The summed E-state index contributed by atoms with van der Waals surface area (Å²) < 4.78 is 15.1. The predicted molar refractivity (Wildman–Crippen MR) is 104 cm³/mol. The van der Waals surface area contributed by atoms with E-state index in [9.17, 15) is 0 Å². The smallest absolute Gasteiger partial charge is 0.181 e. The van der Waals surface area contributed by atoms with Gasteiger partial charge in [-0.1, -0.05) is 0 Å². The van der Waals surface area contributed by atoms with E-state index in [0.29, 0.717) is 0 Å². The first kappa shape index (κ1) is 13.0. The molecule has 0 N–H and O–H groups in total. The van der Waals surface area contributed by atoms with E-state index in [-0.39, 0.29) is 0 Å². The Balaban J connectivity index is 1.85. The summed E-state index contributed by atoms with van der Waals surface area (Å²) in [6.45, 7) is 4.27. The van der Waals surface area contributed by atoms with Gasteiger partial charge in [0.05, 0.1) is 10.8 Å². The first-order chi connectivity index (χ1) is 11.7. The Hall–Kier alpha value is -2.30. The molecule has 0 amide bonds. The summed E-state index contributed by atoms with van der Waals surface area (Å²) in [5.41, 5.74) is 3.60. The average molecular weight is 348 g/mol. The maximum absolute atomic E-state index is 6.30. The van der Waals surface area contributed by atoms with Crippen LogP contribution in [0.2, 0.25) is 0 Å². The molecule has 0 aliphatic heterocycles. The van der Waals surface area contributed by atoms with Crippen LogP contribution >= 0.6 is 22.7 Å². The second-order valence-electron chi connectivity index (χ2n) is 6.28. The minimum Gasteiger partial charge on any atom is -0.451 e. The monoisotopic (exact) mass is 348 g/mol. The van der Waals surface area contributed by atoms with E-state index in [1.807, 2.05) is 0 Å². The number of hydrogen-bond donors (Lipinski definition) is 0. The topological polar surface area (TPSA) is 26.3 Å². The standard InChI is InChI=1S/C20H12O2S2/c1-9-7-13-15(23-9)5-3-11-17(13)21-20-12-4-6-16-14(8-10(2)24-16)18(12)22-19(11)20/h3-8H,1-2H3. The van der Waals surface area contributed by atoms with Crippen LogP contribution in [0.15, 0.2) is 45.2 Å². The van der Waals surface area contributed by atoms with Crippen molar-refractivity contribution < 1.29 is 8.83 Å². The first-order valence-corrected chi connectivity index (χ1v) is 9.49. The molecule has 0 aliphatic rings. The highest BCUT2D eigenvalue weighted by molar-refractivity contribution is 7.19. The third-order valence-corrected chi connectivity index (χ3v) is 6.68. The van der Waals surface area contributed by atoms with Gasteiger partial charge in [0, 0.05) is 29.9 Å². The first-order valence-electron chi connectivity index (χ1n) is 7.86. The van der Waals surface area contributed by atoms with Crippen molar-refractivity contribution in [1.29, 1.82) is 0 Å². The minimum absolute atomic E-state index is 0.863. The van der Waals surface area contributed by atoms with Crippen molar-refractivity contribution >= 4 is 76.0 Å². The normalized spacial score (nSPS) is 12.6. The number of fused-ring (bicyclic) bond motifs is 9. The molecular formula is C20H12O2S2. The number of thiophene rings is 2. The summed E-state index contributed by atoms with van der Waals surface area (Å²) in [6.07, 6.45) is 0. The molecule has 24 heavy (non-hydrogen) atoms. The molecule has 0 fully saturated rings. The van der Waals surface area contributed by atoms with Crippen molar-refractivity contribution in [2.45, 2.75) is 13.8 Å². The summed E-state index contributed by atoms with van der Waals surface area (Å²) >= 11 is 3.60. The van der Waals surface area contributed by atoms with Gasteiger partial charge < -0.3 is 8.83 Å². The van der Waals surface area contributed by atoms with Crippen LogP contribution in [0.3, 0.4) is 0 Å². The molecule has 0 saturated carbocycles. The third-order valence-electron chi connectivity index (χ3n) is 4.65. The molecule has 0 spiro atoms. The fourth-order valence-electron chi connectivity index (χ4n) is 3.66. The summed E-state index contributed by atoms with van der Waals surface area (Å²) in [5.74, 6) is 0. The van der Waals surface area contributed by atoms with E-state index in [1.54, 1.807) is 22.7 Å². The number of aryl methyl sites for hydroxylation is 2. The van der Waals surface area contributed by atoms with Crippen LogP contribution in [-0.4, -0.2) is 0 Å². The third kappa shape index (κ3) is 1.50. The number of hydrogen-bond acceptors (Lipinski definition) is 4. The van der Waals surface area contributed by atoms with Crippen LogP contribution in [0.25, 0.3) is 53.3 Å². The molecule has 0 radical (unpaired) electrons. The SMILES string of the molecule is Cc1cc2c(ccc3c2oc2c4ccc5sc(C)cc5c4oc32)s1. The Kier molecular flexibility index (Phi) is 2.29. The van der Waals surface area contributed by atoms with E-state index < -0.39 is 0 Å². The lowest BCUT2D eigenvalue weighted by molar-refractivity contribution is 0.656. The van der Waals surface area contributed by atoms with Gasteiger partial charge >= 0.3 is 0 Å². The highest BCUT2D eigenvalue weighted by Gasteiger charge is 2.19. The molecule has 0 unspecified atom stereocenters. The molecule has 6 rings (SSSR count). The number of furan rings is 2. The van der Waals surface area contributed by atoms with Gasteiger partial charge in [-0.15, -0.1) is 22.7 Å². The molecule has 2 nitrogen and oxygen atoms in total. The van der Waals surface area contributed by atoms with Gasteiger partial charge in [-0.3, -0.25) is 0 Å². The summed E-state index contributed by atoms with van der Waals surface area (Å²) in [7, 11) is 0. The lowest BCUT2D eigenvalue weighted by atomic mass is 10.1. The maximum Gasteiger partial charge on any atom is 0.181 e. The van der Waals surface area contributed by atoms with Gasteiger partial charge in [0.25, 0.3) is 0 Å². The summed E-state index contributed by atoms with van der Waals surface area (Å²) in [6, 6.07) is 13.0. The van der Waals surface area contributed by atoms with Crippen molar-refractivity contribution in [3.8, 4) is 0 Å². The zero-order valence-electron chi connectivity index (χ0n) is 13.1. The molecule has 4 heteroatoms. The average Bonchev–Trinajstić information content (AvgIpc) is 3.25. The van der Waals surface area contributed by atoms with Crippen LogP contribution in [0.1, 0.15) is 9.75 Å². The van der Waals surface area contributed by atoms with E-state index >= 15 is 0 Å². The molecule has 116 valence electrons. The second kappa shape index (κ2) is 4.21. The van der Waals surface area contributed by atoms with Gasteiger partial charge in [-0.2, -0.15) is 0 Å². The van der Waals surface area contributed by atoms with Crippen molar-refractivity contribution in [3.63, 3.8) is 0 Å². The Morgan fingerprint density at radius 2 is 1.04 bits per heavy atom. The Bertz CT molecular complexity index is 1310. The fraction of sp³-hybridized carbons (Fsp3) is 0.100. The van der Waals surface area contributed by atoms with Gasteiger partial charge in [0.2, 0.25) is 0 Å². The number of benzene rings is 2. The minimum atomic E-state index is 0.863. The Morgan fingerprint density at radius 1 is 0.583 bits per heavy atom. The van der Waals surface area contributed by atoms with Crippen LogP contribution in [0.4, 0.5) is 0 Å². The summed E-state index contributed by atoms with van der Waals surface area (Å²) in [4.78, 5) is 2.59. The van der Waals surface area contributed by atoms with E-state index in [1.165, 1.54) is 29.9 Å². The highest BCUT2D eigenvalue weighted by Crippen LogP contribution is 2.43. The molecule has 4 aromatic heterocycles. The maximum atomic E-state index is 6.30.